The van der Waals surface area contributed by atoms with Crippen LogP contribution in [0.4, 0.5) is 5.69 Å². The van der Waals surface area contributed by atoms with Gasteiger partial charge in [0.05, 0.1) is 23.4 Å². The number of para-hydroxylation sites is 1. The SMILES string of the molecule is CCCC(=O)N1c2ccccc2-c2c(=O)[nH]c(SC)n[n+]2[C@H]1c1c(OCC)ccc2ccccc12. The van der Waals surface area contributed by atoms with Gasteiger partial charge in [-0.05, 0) is 53.3 Å². The molecule has 1 amide bonds. The lowest BCUT2D eigenvalue weighted by Crippen LogP contribution is -2.61. The van der Waals surface area contributed by atoms with Crippen LogP contribution < -0.4 is 19.9 Å². The number of carbonyl (C=O) groups is 1. The summed E-state index contributed by atoms with van der Waals surface area (Å²) in [5.41, 5.74) is 2.34. The highest BCUT2D eigenvalue weighted by molar-refractivity contribution is 7.98. The van der Waals surface area contributed by atoms with Crippen LogP contribution in [0, 0.1) is 0 Å². The molecule has 8 heteroatoms. The summed E-state index contributed by atoms with van der Waals surface area (Å²) >= 11 is 1.35. The van der Waals surface area contributed by atoms with Crippen LogP contribution in [0.3, 0.4) is 0 Å². The lowest BCUT2D eigenvalue weighted by atomic mass is 9.96. The lowest BCUT2D eigenvalue weighted by molar-refractivity contribution is -0.763. The van der Waals surface area contributed by atoms with Gasteiger partial charge in [0.25, 0.3) is 6.17 Å². The summed E-state index contributed by atoms with van der Waals surface area (Å²) in [5.74, 6) is 0.627. The first-order valence-corrected chi connectivity index (χ1v) is 13.0. The number of benzene rings is 3. The lowest BCUT2D eigenvalue weighted by Gasteiger charge is -2.33. The Morgan fingerprint density at radius 1 is 1.11 bits per heavy atom. The highest BCUT2D eigenvalue weighted by Gasteiger charge is 2.47. The Morgan fingerprint density at radius 2 is 1.89 bits per heavy atom. The summed E-state index contributed by atoms with van der Waals surface area (Å²) in [6.07, 6.45) is 2.24. The highest BCUT2D eigenvalue weighted by Crippen LogP contribution is 2.42. The van der Waals surface area contributed by atoms with Crippen LogP contribution in [0.5, 0.6) is 5.75 Å². The summed E-state index contributed by atoms with van der Waals surface area (Å²) in [7, 11) is 0. The molecule has 1 aliphatic heterocycles. The van der Waals surface area contributed by atoms with Crippen molar-refractivity contribution in [1.82, 2.24) is 10.1 Å². The third kappa shape index (κ3) is 3.87. The minimum atomic E-state index is -0.695. The van der Waals surface area contributed by atoms with Crippen LogP contribution in [-0.4, -0.2) is 28.9 Å². The highest BCUT2D eigenvalue weighted by atomic mass is 32.2. The van der Waals surface area contributed by atoms with Crippen LogP contribution in [0.25, 0.3) is 22.0 Å². The molecule has 0 unspecified atom stereocenters. The number of carbonyl (C=O) groups excluding carboxylic acids is 1. The van der Waals surface area contributed by atoms with Crippen molar-refractivity contribution >= 4 is 34.1 Å². The van der Waals surface area contributed by atoms with Crippen molar-refractivity contribution in [3.63, 3.8) is 0 Å². The fraction of sp³-hybridized carbons (Fsp3) is 0.259. The molecule has 0 fully saturated rings. The number of aromatic nitrogens is 3. The van der Waals surface area contributed by atoms with Crippen molar-refractivity contribution in [2.45, 2.75) is 38.0 Å². The standard InChI is InChI=1S/C27H26N4O3S/c1-4-10-22(32)30-20-14-9-8-13-19(20)24-25(33)28-27(35-3)29-31(24)26(30)23-18-12-7-6-11-17(18)15-16-21(23)34-5-2/h6-9,11-16,26H,4-5,10H2,1-3H3/p+1/t26-/m0/s1. The molecule has 0 radical (unpaired) electrons. The maximum absolute atomic E-state index is 13.8. The monoisotopic (exact) mass is 487 g/mol. The van der Waals surface area contributed by atoms with Gasteiger partial charge in [-0.1, -0.05) is 61.2 Å². The van der Waals surface area contributed by atoms with E-state index in [9.17, 15) is 9.59 Å². The zero-order valence-corrected chi connectivity index (χ0v) is 20.8. The van der Waals surface area contributed by atoms with E-state index in [1.54, 1.807) is 9.58 Å². The number of ether oxygens (including phenoxy) is 1. The van der Waals surface area contributed by atoms with E-state index in [4.69, 9.17) is 9.84 Å². The molecule has 5 rings (SSSR count). The molecular weight excluding hydrogens is 460 g/mol. The molecule has 0 saturated heterocycles. The number of thioether (sulfide) groups is 1. The van der Waals surface area contributed by atoms with Gasteiger partial charge in [-0.2, -0.15) is 0 Å². The van der Waals surface area contributed by atoms with E-state index >= 15 is 0 Å². The Labute approximate surface area is 207 Å². The summed E-state index contributed by atoms with van der Waals surface area (Å²) in [5, 5.41) is 7.27. The first-order valence-electron chi connectivity index (χ1n) is 11.7. The number of H-pyrrole nitrogens is 1. The summed E-state index contributed by atoms with van der Waals surface area (Å²) in [6.45, 7) is 4.39. The van der Waals surface area contributed by atoms with Crippen molar-refractivity contribution in [2.75, 3.05) is 17.8 Å². The quantitative estimate of drug-likeness (QED) is 0.315. The number of anilines is 1. The zero-order chi connectivity index (χ0) is 24.5. The van der Waals surface area contributed by atoms with Gasteiger partial charge in [-0.15, -0.1) is 0 Å². The molecule has 3 aromatic carbocycles. The van der Waals surface area contributed by atoms with Gasteiger partial charge in [-0.3, -0.25) is 14.6 Å². The van der Waals surface area contributed by atoms with Crippen molar-refractivity contribution in [3.8, 4) is 17.0 Å². The number of nitrogens with zero attached hydrogens (tertiary/aromatic N) is 3. The Hall–Kier alpha value is -3.65. The Kier molecular flexibility index (Phi) is 6.30. The number of nitrogens with one attached hydrogen (secondary N) is 1. The third-order valence-electron chi connectivity index (χ3n) is 6.17. The molecule has 1 aromatic heterocycles. The van der Waals surface area contributed by atoms with Crippen LogP contribution in [-0.2, 0) is 4.79 Å². The van der Waals surface area contributed by atoms with Crippen molar-refractivity contribution in [3.05, 3.63) is 76.6 Å². The van der Waals surface area contributed by atoms with Crippen molar-refractivity contribution in [1.29, 1.82) is 0 Å². The van der Waals surface area contributed by atoms with Crippen LogP contribution in [0.2, 0.25) is 0 Å². The molecule has 2 heterocycles. The maximum atomic E-state index is 13.8. The summed E-state index contributed by atoms with van der Waals surface area (Å²) < 4.78 is 7.81. The maximum Gasteiger partial charge on any atom is 0.325 e. The average Bonchev–Trinajstić information content (AvgIpc) is 2.88. The molecular formula is C27H27N4O3S+. The normalized spacial score (nSPS) is 14.5. The van der Waals surface area contributed by atoms with E-state index in [2.05, 4.69) is 4.98 Å². The molecule has 178 valence electrons. The first-order chi connectivity index (χ1) is 17.1. The number of fused-ring (bicyclic) bond motifs is 4. The van der Waals surface area contributed by atoms with Gasteiger partial charge in [0.1, 0.15) is 5.75 Å². The molecule has 1 atom stereocenters. The number of hydrogen-bond acceptors (Lipinski definition) is 5. The number of rotatable bonds is 6. The Bertz CT molecular complexity index is 1480. The van der Waals surface area contributed by atoms with E-state index in [0.717, 1.165) is 16.3 Å². The molecule has 4 aromatic rings. The predicted octanol–water partition coefficient (Wildman–Crippen LogP) is 4.69. The number of hydrogen-bond donors (Lipinski definition) is 1. The second-order valence-electron chi connectivity index (χ2n) is 8.29. The van der Waals surface area contributed by atoms with Gasteiger partial charge >= 0.3 is 11.3 Å². The van der Waals surface area contributed by atoms with E-state index in [1.165, 1.54) is 11.8 Å². The number of amides is 1. The van der Waals surface area contributed by atoms with Crippen LogP contribution in [0.15, 0.2) is 70.6 Å². The Morgan fingerprint density at radius 3 is 2.66 bits per heavy atom. The molecule has 0 saturated carbocycles. The largest absolute Gasteiger partial charge is 0.493 e. The third-order valence-corrected chi connectivity index (χ3v) is 6.74. The summed E-state index contributed by atoms with van der Waals surface area (Å²) in [6, 6.07) is 19.5. The second kappa shape index (κ2) is 9.54. The fourth-order valence-electron chi connectivity index (χ4n) is 4.75. The van der Waals surface area contributed by atoms with E-state index < -0.39 is 6.17 Å². The minimum absolute atomic E-state index is 0.0359. The van der Waals surface area contributed by atoms with Gasteiger partial charge < -0.3 is 4.74 Å². The van der Waals surface area contributed by atoms with E-state index in [0.29, 0.717) is 47.3 Å². The number of aromatic amines is 1. The average molecular weight is 488 g/mol. The first kappa shape index (κ1) is 23.1. The van der Waals surface area contributed by atoms with Gasteiger partial charge in [0, 0.05) is 11.5 Å². The molecule has 1 N–H and O–H groups in total. The van der Waals surface area contributed by atoms with Gasteiger partial charge in [0.15, 0.2) is 0 Å². The van der Waals surface area contributed by atoms with Gasteiger partial charge in [-0.25, -0.2) is 4.90 Å². The minimum Gasteiger partial charge on any atom is -0.493 e. The molecule has 7 nitrogen and oxygen atoms in total. The smallest absolute Gasteiger partial charge is 0.325 e. The predicted molar refractivity (Wildman–Crippen MR) is 138 cm³/mol. The summed E-state index contributed by atoms with van der Waals surface area (Å²) in [4.78, 5) is 31.8. The van der Waals surface area contributed by atoms with Crippen LogP contribution in [0.1, 0.15) is 38.4 Å². The van der Waals surface area contributed by atoms with Crippen molar-refractivity contribution < 1.29 is 14.2 Å². The van der Waals surface area contributed by atoms with E-state index in [-0.39, 0.29) is 11.5 Å². The molecule has 0 bridgehead atoms. The van der Waals surface area contributed by atoms with E-state index in [1.807, 2.05) is 80.8 Å². The second-order valence-corrected chi connectivity index (χ2v) is 9.09. The zero-order valence-electron chi connectivity index (χ0n) is 19.9. The molecule has 1 aliphatic rings. The molecule has 0 aliphatic carbocycles. The topological polar surface area (TPSA) is 79.2 Å². The molecule has 0 spiro atoms. The molecule has 35 heavy (non-hydrogen) atoms. The fourth-order valence-corrected chi connectivity index (χ4v) is 5.12. The Balaban J connectivity index is 1.93. The van der Waals surface area contributed by atoms with Crippen LogP contribution >= 0.6 is 11.8 Å². The van der Waals surface area contributed by atoms with Crippen molar-refractivity contribution in [2.24, 2.45) is 0 Å². The van der Waals surface area contributed by atoms with Gasteiger partial charge in [0.2, 0.25) is 11.1 Å².